The lowest BCUT2D eigenvalue weighted by Crippen LogP contribution is -2.48. The Morgan fingerprint density at radius 1 is 1.28 bits per heavy atom. The van der Waals surface area contributed by atoms with Gasteiger partial charge in [-0.2, -0.15) is 0 Å². The monoisotopic (exact) mass is 418 g/mol. The molecular weight excluding hydrogens is 392 g/mol. The van der Waals surface area contributed by atoms with Gasteiger partial charge in [0.15, 0.2) is 0 Å². The SMILES string of the molecule is CCOC(=O)c1sc2ncnc(N3CCCC(C(=O)N4CCOCC4)C3)c2c1C. The lowest BCUT2D eigenvalue weighted by molar-refractivity contribution is -0.139. The first kappa shape index (κ1) is 20.0. The van der Waals surface area contributed by atoms with E-state index in [1.165, 1.54) is 17.7 Å². The van der Waals surface area contributed by atoms with Gasteiger partial charge in [0.25, 0.3) is 0 Å². The molecule has 0 aromatic carbocycles. The van der Waals surface area contributed by atoms with Crippen molar-refractivity contribution >= 4 is 39.2 Å². The summed E-state index contributed by atoms with van der Waals surface area (Å²) < 4.78 is 10.6. The number of piperidine rings is 1. The molecule has 0 aliphatic carbocycles. The molecule has 0 radical (unpaired) electrons. The molecule has 2 aromatic rings. The molecule has 8 nitrogen and oxygen atoms in total. The molecule has 0 saturated carbocycles. The van der Waals surface area contributed by atoms with Crippen LogP contribution in [0.1, 0.15) is 35.0 Å². The van der Waals surface area contributed by atoms with Crippen molar-refractivity contribution < 1.29 is 19.1 Å². The zero-order valence-electron chi connectivity index (χ0n) is 16.8. The number of aromatic nitrogens is 2. The Balaban J connectivity index is 1.60. The third-order valence-corrected chi connectivity index (χ3v) is 6.74. The molecule has 0 spiro atoms. The molecule has 1 unspecified atom stereocenters. The van der Waals surface area contributed by atoms with Crippen LogP contribution < -0.4 is 4.90 Å². The topological polar surface area (TPSA) is 84.9 Å². The summed E-state index contributed by atoms with van der Waals surface area (Å²) in [7, 11) is 0. The largest absolute Gasteiger partial charge is 0.462 e. The number of hydrogen-bond acceptors (Lipinski definition) is 8. The maximum absolute atomic E-state index is 13.0. The lowest BCUT2D eigenvalue weighted by Gasteiger charge is -2.36. The number of thiophene rings is 1. The number of rotatable bonds is 4. The first-order chi connectivity index (χ1) is 14.1. The number of nitrogens with zero attached hydrogens (tertiary/aromatic N) is 4. The van der Waals surface area contributed by atoms with Crippen molar-refractivity contribution in [2.24, 2.45) is 5.92 Å². The number of esters is 1. The number of carbonyl (C=O) groups excluding carboxylic acids is 2. The Kier molecular flexibility index (Phi) is 5.96. The highest BCUT2D eigenvalue weighted by Gasteiger charge is 2.32. The number of anilines is 1. The van der Waals surface area contributed by atoms with Crippen LogP contribution in [0.15, 0.2) is 6.33 Å². The normalized spacial score (nSPS) is 20.1. The average Bonchev–Trinajstić information content (AvgIpc) is 3.11. The molecule has 4 rings (SSSR count). The number of carbonyl (C=O) groups is 2. The number of fused-ring (bicyclic) bond motifs is 1. The van der Waals surface area contributed by atoms with E-state index >= 15 is 0 Å². The summed E-state index contributed by atoms with van der Waals surface area (Å²) in [6.07, 6.45) is 3.35. The first-order valence-electron chi connectivity index (χ1n) is 10.1. The highest BCUT2D eigenvalue weighted by molar-refractivity contribution is 7.20. The van der Waals surface area contributed by atoms with Gasteiger partial charge in [-0.1, -0.05) is 0 Å². The highest BCUT2D eigenvalue weighted by atomic mass is 32.1. The fraction of sp³-hybridized carbons (Fsp3) is 0.600. The van der Waals surface area contributed by atoms with Crippen molar-refractivity contribution in [3.63, 3.8) is 0 Å². The summed E-state index contributed by atoms with van der Waals surface area (Å²) in [5.41, 5.74) is 0.848. The summed E-state index contributed by atoms with van der Waals surface area (Å²) in [5.74, 6) is 0.643. The number of aryl methyl sites for hydroxylation is 1. The van der Waals surface area contributed by atoms with Gasteiger partial charge in [0.05, 0.1) is 31.1 Å². The van der Waals surface area contributed by atoms with Crippen LogP contribution in [0.2, 0.25) is 0 Å². The van der Waals surface area contributed by atoms with Crippen molar-refractivity contribution in [3.8, 4) is 0 Å². The third kappa shape index (κ3) is 3.93. The third-order valence-electron chi connectivity index (χ3n) is 5.56. The molecule has 2 aliphatic rings. The van der Waals surface area contributed by atoms with Crippen molar-refractivity contribution in [3.05, 3.63) is 16.8 Å². The molecule has 0 N–H and O–H groups in total. The van der Waals surface area contributed by atoms with E-state index in [0.29, 0.717) is 44.3 Å². The average molecular weight is 419 g/mol. The Morgan fingerprint density at radius 3 is 2.83 bits per heavy atom. The number of hydrogen-bond donors (Lipinski definition) is 0. The Hall–Kier alpha value is -2.26. The van der Waals surface area contributed by atoms with Crippen LogP contribution in [-0.2, 0) is 14.3 Å². The molecule has 1 amide bonds. The standard InChI is InChI=1S/C20H26N4O4S/c1-3-28-20(26)16-13(2)15-17(21-12-22-18(15)29-16)24-6-4-5-14(11-24)19(25)23-7-9-27-10-8-23/h12,14H,3-11H2,1-2H3. The Labute approximate surface area is 173 Å². The van der Waals surface area contributed by atoms with Gasteiger partial charge in [0.2, 0.25) is 5.91 Å². The van der Waals surface area contributed by atoms with Gasteiger partial charge in [-0.3, -0.25) is 4.79 Å². The maximum atomic E-state index is 13.0. The van der Waals surface area contributed by atoms with Gasteiger partial charge in [-0.15, -0.1) is 11.3 Å². The fourth-order valence-corrected chi connectivity index (χ4v) is 5.13. The van der Waals surface area contributed by atoms with Crippen molar-refractivity contribution in [1.29, 1.82) is 0 Å². The van der Waals surface area contributed by atoms with E-state index in [2.05, 4.69) is 14.9 Å². The van der Waals surface area contributed by atoms with E-state index in [4.69, 9.17) is 9.47 Å². The summed E-state index contributed by atoms with van der Waals surface area (Å²) in [4.78, 5) is 39.6. The highest BCUT2D eigenvalue weighted by Crippen LogP contribution is 2.36. The first-order valence-corrected chi connectivity index (χ1v) is 10.9. The summed E-state index contributed by atoms with van der Waals surface area (Å²) in [6.45, 7) is 8.07. The second kappa shape index (κ2) is 8.62. The molecule has 2 aromatic heterocycles. The van der Waals surface area contributed by atoms with Gasteiger partial charge in [-0.05, 0) is 32.3 Å². The van der Waals surface area contributed by atoms with Gasteiger partial charge >= 0.3 is 5.97 Å². The van der Waals surface area contributed by atoms with Crippen LogP contribution in [0.5, 0.6) is 0 Å². The van der Waals surface area contributed by atoms with Crippen molar-refractivity contribution in [2.75, 3.05) is 50.9 Å². The molecular formula is C20H26N4O4S. The smallest absolute Gasteiger partial charge is 0.348 e. The molecule has 4 heterocycles. The van der Waals surface area contributed by atoms with Crippen molar-refractivity contribution in [2.45, 2.75) is 26.7 Å². The minimum absolute atomic E-state index is 0.0460. The van der Waals surface area contributed by atoms with E-state index in [1.54, 1.807) is 6.92 Å². The van der Waals surface area contributed by atoms with Crippen LogP contribution >= 0.6 is 11.3 Å². The van der Waals surface area contributed by atoms with E-state index in [-0.39, 0.29) is 17.8 Å². The zero-order chi connectivity index (χ0) is 20.4. The second-order valence-electron chi connectivity index (χ2n) is 7.38. The molecule has 0 bridgehead atoms. The van der Waals surface area contributed by atoms with E-state index in [1.807, 2.05) is 11.8 Å². The fourth-order valence-electron chi connectivity index (χ4n) is 4.10. The van der Waals surface area contributed by atoms with Crippen LogP contribution in [0.25, 0.3) is 10.2 Å². The summed E-state index contributed by atoms with van der Waals surface area (Å²) in [6, 6.07) is 0. The Morgan fingerprint density at radius 2 is 2.07 bits per heavy atom. The predicted molar refractivity (Wildman–Crippen MR) is 110 cm³/mol. The number of amides is 1. The number of morpholine rings is 1. The van der Waals surface area contributed by atoms with Crippen LogP contribution in [0.3, 0.4) is 0 Å². The van der Waals surface area contributed by atoms with Gasteiger partial charge in [0, 0.05) is 26.2 Å². The molecule has 2 aliphatic heterocycles. The minimum atomic E-state index is -0.321. The van der Waals surface area contributed by atoms with E-state index in [9.17, 15) is 9.59 Å². The lowest BCUT2D eigenvalue weighted by atomic mass is 9.96. The van der Waals surface area contributed by atoms with Crippen LogP contribution in [0.4, 0.5) is 5.82 Å². The Bertz CT molecular complexity index is 909. The molecule has 2 saturated heterocycles. The van der Waals surface area contributed by atoms with Gasteiger partial charge in [0.1, 0.15) is 21.9 Å². The van der Waals surface area contributed by atoms with Crippen molar-refractivity contribution in [1.82, 2.24) is 14.9 Å². The van der Waals surface area contributed by atoms with Gasteiger partial charge in [-0.25, -0.2) is 14.8 Å². The predicted octanol–water partition coefficient (Wildman–Crippen LogP) is 2.25. The van der Waals surface area contributed by atoms with Crippen LogP contribution in [-0.4, -0.2) is 72.7 Å². The second-order valence-corrected chi connectivity index (χ2v) is 8.38. The zero-order valence-corrected chi connectivity index (χ0v) is 17.7. The molecule has 1 atom stereocenters. The van der Waals surface area contributed by atoms with E-state index in [0.717, 1.165) is 41.0 Å². The van der Waals surface area contributed by atoms with E-state index < -0.39 is 0 Å². The number of ether oxygens (including phenoxy) is 2. The van der Waals surface area contributed by atoms with Crippen LogP contribution in [0, 0.1) is 12.8 Å². The molecule has 9 heteroatoms. The molecule has 2 fully saturated rings. The minimum Gasteiger partial charge on any atom is -0.462 e. The molecule has 29 heavy (non-hydrogen) atoms. The van der Waals surface area contributed by atoms with Gasteiger partial charge < -0.3 is 19.3 Å². The summed E-state index contributed by atoms with van der Waals surface area (Å²) >= 11 is 1.34. The summed E-state index contributed by atoms with van der Waals surface area (Å²) in [5, 5.41) is 0.889. The quantitative estimate of drug-likeness (QED) is 0.704. The maximum Gasteiger partial charge on any atom is 0.348 e. The molecule has 156 valence electrons.